The van der Waals surface area contributed by atoms with Gasteiger partial charge >= 0.3 is 0 Å². The monoisotopic (exact) mass is 440 g/mol. The molecule has 0 radical (unpaired) electrons. The number of hydrogen-bond acceptors (Lipinski definition) is 4. The zero-order valence-corrected chi connectivity index (χ0v) is 19.3. The molecule has 1 heterocycles. The summed E-state index contributed by atoms with van der Waals surface area (Å²) in [5, 5.41) is 3.22. The minimum absolute atomic E-state index is 0.0995. The molecule has 33 heavy (non-hydrogen) atoms. The van der Waals surface area contributed by atoms with Gasteiger partial charge in [-0.3, -0.25) is 9.59 Å². The molecule has 4 rings (SSSR count). The summed E-state index contributed by atoms with van der Waals surface area (Å²) in [6, 6.07) is 24.3. The van der Waals surface area contributed by atoms with Gasteiger partial charge in [0.15, 0.2) is 0 Å². The molecule has 168 valence electrons. The van der Waals surface area contributed by atoms with Crippen molar-refractivity contribution in [2.75, 3.05) is 10.2 Å². The number of carbonyl (C=O) groups is 2. The van der Waals surface area contributed by atoms with Crippen molar-refractivity contribution in [3.05, 3.63) is 95.7 Å². The summed E-state index contributed by atoms with van der Waals surface area (Å²) in [7, 11) is 0. The highest BCUT2D eigenvalue weighted by Gasteiger charge is 2.41. The van der Waals surface area contributed by atoms with Crippen molar-refractivity contribution in [3.63, 3.8) is 0 Å². The largest absolute Gasteiger partial charge is 0.489 e. The van der Waals surface area contributed by atoms with Crippen LogP contribution in [0.3, 0.4) is 0 Å². The summed E-state index contributed by atoms with van der Waals surface area (Å²) in [6.07, 6.45) is -0.0995. The maximum absolute atomic E-state index is 13.7. The van der Waals surface area contributed by atoms with E-state index in [1.807, 2.05) is 74.5 Å². The minimum atomic E-state index is -0.411. The fourth-order valence-corrected chi connectivity index (χ4v) is 3.83. The average Bonchev–Trinajstić information content (AvgIpc) is 3.04. The number of anilines is 2. The molecule has 1 aliphatic rings. The lowest BCUT2D eigenvalue weighted by Gasteiger charge is -2.20. The first-order valence-electron chi connectivity index (χ1n) is 11.2. The van der Waals surface area contributed by atoms with E-state index in [0.717, 1.165) is 5.69 Å². The second-order valence-corrected chi connectivity index (χ2v) is 8.60. The maximum atomic E-state index is 13.7. The second-order valence-electron chi connectivity index (χ2n) is 8.60. The first kappa shape index (κ1) is 22.3. The van der Waals surface area contributed by atoms with E-state index in [0.29, 0.717) is 28.5 Å². The highest BCUT2D eigenvalue weighted by Crippen LogP contribution is 2.38. The molecule has 1 N–H and O–H groups in total. The molecule has 2 amide bonds. The van der Waals surface area contributed by atoms with Crippen LogP contribution in [0.2, 0.25) is 0 Å². The molecule has 0 bridgehead atoms. The van der Waals surface area contributed by atoms with Crippen LogP contribution in [0.4, 0.5) is 11.4 Å². The summed E-state index contributed by atoms with van der Waals surface area (Å²) >= 11 is 0. The number of nitrogens with one attached hydrogen (secondary N) is 1. The van der Waals surface area contributed by atoms with Gasteiger partial charge < -0.3 is 10.1 Å². The maximum Gasteiger partial charge on any atom is 0.282 e. The van der Waals surface area contributed by atoms with E-state index in [1.165, 1.54) is 10.5 Å². The molecule has 5 heteroatoms. The third-order valence-electron chi connectivity index (χ3n) is 5.46. The van der Waals surface area contributed by atoms with Gasteiger partial charge in [0.1, 0.15) is 11.4 Å². The van der Waals surface area contributed by atoms with Crippen molar-refractivity contribution >= 4 is 28.8 Å². The Labute approximate surface area is 194 Å². The third-order valence-corrected chi connectivity index (χ3v) is 5.46. The van der Waals surface area contributed by atoms with Crippen LogP contribution in [-0.2, 0) is 9.59 Å². The highest BCUT2D eigenvalue weighted by molar-refractivity contribution is 6.46. The van der Waals surface area contributed by atoms with Crippen LogP contribution >= 0.6 is 0 Å². The van der Waals surface area contributed by atoms with Gasteiger partial charge in [0.25, 0.3) is 11.8 Å². The standard InChI is InChI=1S/C28H28N2O3/c1-18(2)20-14-16-22(17-15-20)29-26-25(21-10-6-5-7-11-21)27(31)30(28(26)32)23-12-8-9-13-24(23)33-19(3)4/h5-19,29H,1-4H3. The van der Waals surface area contributed by atoms with E-state index in [9.17, 15) is 9.59 Å². The van der Waals surface area contributed by atoms with E-state index < -0.39 is 5.91 Å². The number of nitrogens with zero attached hydrogens (tertiary/aromatic N) is 1. The summed E-state index contributed by atoms with van der Waals surface area (Å²) in [5.74, 6) is 0.101. The predicted octanol–water partition coefficient (Wildman–Crippen LogP) is 5.99. The molecule has 0 saturated carbocycles. The molecule has 1 aliphatic heterocycles. The summed E-state index contributed by atoms with van der Waals surface area (Å²) < 4.78 is 5.90. The van der Waals surface area contributed by atoms with E-state index in [1.54, 1.807) is 18.2 Å². The lowest BCUT2D eigenvalue weighted by molar-refractivity contribution is -0.120. The van der Waals surface area contributed by atoms with Gasteiger partial charge in [0, 0.05) is 5.69 Å². The molecule has 0 spiro atoms. The first-order chi connectivity index (χ1) is 15.9. The van der Waals surface area contributed by atoms with Gasteiger partial charge in [-0.2, -0.15) is 0 Å². The molecule has 5 nitrogen and oxygen atoms in total. The van der Waals surface area contributed by atoms with Crippen molar-refractivity contribution < 1.29 is 14.3 Å². The van der Waals surface area contributed by atoms with Gasteiger partial charge in [0.2, 0.25) is 0 Å². The SMILES string of the molecule is CC(C)Oc1ccccc1N1C(=O)C(Nc2ccc(C(C)C)cc2)=C(c2ccccc2)C1=O. The Kier molecular flexibility index (Phi) is 6.31. The zero-order valence-electron chi connectivity index (χ0n) is 19.3. The minimum Gasteiger partial charge on any atom is -0.489 e. The molecule has 0 atom stereocenters. The fraction of sp³-hybridized carbons (Fsp3) is 0.214. The van der Waals surface area contributed by atoms with Crippen molar-refractivity contribution in [1.82, 2.24) is 0 Å². The van der Waals surface area contributed by atoms with Gasteiger partial charge in [-0.15, -0.1) is 0 Å². The zero-order chi connectivity index (χ0) is 23.5. The number of rotatable bonds is 7. The lowest BCUT2D eigenvalue weighted by Crippen LogP contribution is -2.33. The summed E-state index contributed by atoms with van der Waals surface area (Å²) in [4.78, 5) is 28.5. The van der Waals surface area contributed by atoms with E-state index in [4.69, 9.17) is 4.74 Å². The summed E-state index contributed by atoms with van der Waals surface area (Å²) in [5.41, 5.74) is 3.66. The van der Waals surface area contributed by atoms with Crippen LogP contribution in [0.5, 0.6) is 5.75 Å². The number of ether oxygens (including phenoxy) is 1. The molecular formula is C28H28N2O3. The summed E-state index contributed by atoms with van der Waals surface area (Å²) in [6.45, 7) is 8.08. The normalized spacial score (nSPS) is 13.9. The fourth-order valence-electron chi connectivity index (χ4n) is 3.83. The van der Waals surface area contributed by atoms with Crippen LogP contribution in [0.25, 0.3) is 5.57 Å². The number of amides is 2. The van der Waals surface area contributed by atoms with Crippen molar-refractivity contribution in [1.29, 1.82) is 0 Å². The Balaban J connectivity index is 1.78. The molecule has 0 fully saturated rings. The first-order valence-corrected chi connectivity index (χ1v) is 11.2. The van der Waals surface area contributed by atoms with Crippen LogP contribution < -0.4 is 15.0 Å². The molecule has 3 aromatic carbocycles. The third kappa shape index (κ3) is 4.53. The van der Waals surface area contributed by atoms with Gasteiger partial charge in [-0.05, 0) is 55.2 Å². The smallest absolute Gasteiger partial charge is 0.282 e. The highest BCUT2D eigenvalue weighted by atomic mass is 16.5. The number of carbonyl (C=O) groups excluding carboxylic acids is 2. The quantitative estimate of drug-likeness (QED) is 0.458. The van der Waals surface area contributed by atoms with E-state index in [2.05, 4.69) is 19.2 Å². The Hall–Kier alpha value is -3.86. The number of imide groups is 1. The van der Waals surface area contributed by atoms with E-state index in [-0.39, 0.29) is 17.7 Å². The van der Waals surface area contributed by atoms with Crippen LogP contribution in [0.1, 0.15) is 44.7 Å². The molecule has 0 aliphatic carbocycles. The van der Waals surface area contributed by atoms with Crippen molar-refractivity contribution in [2.24, 2.45) is 0 Å². The Morgan fingerprint density at radius 3 is 2.03 bits per heavy atom. The number of benzene rings is 3. The number of hydrogen-bond donors (Lipinski definition) is 1. The Bertz CT molecular complexity index is 1200. The second kappa shape index (κ2) is 9.33. The number of para-hydroxylation sites is 2. The van der Waals surface area contributed by atoms with Crippen molar-refractivity contribution in [2.45, 2.75) is 39.7 Å². The average molecular weight is 441 g/mol. The van der Waals surface area contributed by atoms with Gasteiger partial charge in [0.05, 0.1) is 17.4 Å². The van der Waals surface area contributed by atoms with E-state index >= 15 is 0 Å². The Morgan fingerprint density at radius 1 is 0.758 bits per heavy atom. The molecule has 0 aromatic heterocycles. The predicted molar refractivity (Wildman–Crippen MR) is 132 cm³/mol. The van der Waals surface area contributed by atoms with Gasteiger partial charge in [-0.25, -0.2) is 4.90 Å². The molecule has 3 aromatic rings. The Morgan fingerprint density at radius 2 is 1.39 bits per heavy atom. The van der Waals surface area contributed by atoms with Crippen LogP contribution in [0, 0.1) is 0 Å². The molecule has 0 saturated heterocycles. The molecule has 0 unspecified atom stereocenters. The van der Waals surface area contributed by atoms with Crippen LogP contribution in [-0.4, -0.2) is 17.9 Å². The van der Waals surface area contributed by atoms with Crippen LogP contribution in [0.15, 0.2) is 84.6 Å². The molecular weight excluding hydrogens is 412 g/mol. The van der Waals surface area contributed by atoms with Crippen molar-refractivity contribution in [3.8, 4) is 5.75 Å². The lowest BCUT2D eigenvalue weighted by atomic mass is 10.0. The van der Waals surface area contributed by atoms with Gasteiger partial charge in [-0.1, -0.05) is 68.4 Å². The topological polar surface area (TPSA) is 58.6 Å².